The molecule has 0 radical (unpaired) electrons. The fourth-order valence-electron chi connectivity index (χ4n) is 2.30. The van der Waals surface area contributed by atoms with Crippen LogP contribution in [0.4, 0.5) is 5.69 Å². The molecule has 5 nitrogen and oxygen atoms in total. The Morgan fingerprint density at radius 3 is 3.00 bits per heavy atom. The Bertz CT molecular complexity index is 589. The van der Waals surface area contributed by atoms with E-state index in [0.29, 0.717) is 13.0 Å². The summed E-state index contributed by atoms with van der Waals surface area (Å²) in [5, 5.41) is 5.23. The van der Waals surface area contributed by atoms with E-state index in [2.05, 4.69) is 5.10 Å². The monoisotopic (exact) mass is 230 g/mol. The fraction of sp³-hybridized carbons (Fsp3) is 0.333. The highest BCUT2D eigenvalue weighted by Crippen LogP contribution is 2.25. The van der Waals surface area contributed by atoms with Gasteiger partial charge in [-0.1, -0.05) is 0 Å². The molecular weight excluding hydrogens is 216 g/mol. The Hall–Kier alpha value is -1.88. The number of nitrogens with zero attached hydrogens (tertiary/aromatic N) is 3. The van der Waals surface area contributed by atoms with E-state index in [-0.39, 0.29) is 11.9 Å². The topological polar surface area (TPSA) is 64.2 Å². The SMILES string of the molecule is Cn1ncc2cc(N3CC(N)CC3=O)ccc21. The highest BCUT2D eigenvalue weighted by atomic mass is 16.2. The first-order valence-electron chi connectivity index (χ1n) is 5.63. The Morgan fingerprint density at radius 1 is 1.47 bits per heavy atom. The second kappa shape index (κ2) is 3.56. The molecule has 1 unspecified atom stereocenters. The van der Waals surface area contributed by atoms with Gasteiger partial charge in [-0.05, 0) is 18.2 Å². The number of hydrogen-bond acceptors (Lipinski definition) is 3. The van der Waals surface area contributed by atoms with Crippen LogP contribution < -0.4 is 10.6 Å². The van der Waals surface area contributed by atoms with Crippen LogP contribution >= 0.6 is 0 Å². The maximum atomic E-state index is 11.8. The van der Waals surface area contributed by atoms with Gasteiger partial charge in [-0.3, -0.25) is 9.48 Å². The van der Waals surface area contributed by atoms with Crippen molar-refractivity contribution in [1.82, 2.24) is 9.78 Å². The van der Waals surface area contributed by atoms with Crippen LogP contribution in [0, 0.1) is 0 Å². The van der Waals surface area contributed by atoms with Gasteiger partial charge < -0.3 is 10.6 Å². The van der Waals surface area contributed by atoms with Gasteiger partial charge in [0.25, 0.3) is 0 Å². The zero-order valence-electron chi connectivity index (χ0n) is 9.63. The lowest BCUT2D eigenvalue weighted by atomic mass is 10.2. The molecule has 2 N–H and O–H groups in total. The summed E-state index contributed by atoms with van der Waals surface area (Å²) in [5.74, 6) is 0.0979. The van der Waals surface area contributed by atoms with Gasteiger partial charge in [0.2, 0.25) is 5.91 Å². The summed E-state index contributed by atoms with van der Waals surface area (Å²) in [7, 11) is 1.90. The van der Waals surface area contributed by atoms with Crippen molar-refractivity contribution in [1.29, 1.82) is 0 Å². The Labute approximate surface area is 98.8 Å². The number of aryl methyl sites for hydroxylation is 1. The standard InChI is InChI=1S/C12H14N4O/c1-15-11-3-2-10(4-8(11)6-14-15)16-7-9(13)5-12(16)17/h2-4,6,9H,5,7,13H2,1H3. The molecule has 3 rings (SSSR count). The summed E-state index contributed by atoms with van der Waals surface area (Å²) in [6.07, 6.45) is 2.24. The number of amides is 1. The van der Waals surface area contributed by atoms with E-state index in [4.69, 9.17) is 5.73 Å². The van der Waals surface area contributed by atoms with Gasteiger partial charge in [0.15, 0.2) is 0 Å². The van der Waals surface area contributed by atoms with Gasteiger partial charge in [-0.2, -0.15) is 5.10 Å². The molecule has 1 aromatic carbocycles. The van der Waals surface area contributed by atoms with Crippen molar-refractivity contribution in [3.05, 3.63) is 24.4 Å². The maximum absolute atomic E-state index is 11.8. The number of hydrogen-bond donors (Lipinski definition) is 1. The molecule has 1 saturated heterocycles. The second-order valence-electron chi connectivity index (χ2n) is 4.48. The number of aromatic nitrogens is 2. The molecule has 1 aliphatic rings. The van der Waals surface area contributed by atoms with Crippen LogP contribution in [0.15, 0.2) is 24.4 Å². The van der Waals surface area contributed by atoms with E-state index in [9.17, 15) is 4.79 Å². The van der Waals surface area contributed by atoms with Gasteiger partial charge in [0.1, 0.15) is 0 Å². The molecule has 17 heavy (non-hydrogen) atoms. The highest BCUT2D eigenvalue weighted by molar-refractivity contribution is 5.98. The fourth-order valence-corrected chi connectivity index (χ4v) is 2.30. The first-order chi connectivity index (χ1) is 8.15. The predicted molar refractivity (Wildman–Crippen MR) is 65.7 cm³/mol. The summed E-state index contributed by atoms with van der Waals surface area (Å²) in [5.41, 5.74) is 7.76. The number of rotatable bonds is 1. The zero-order chi connectivity index (χ0) is 12.0. The van der Waals surface area contributed by atoms with Crippen molar-refractivity contribution in [3.8, 4) is 0 Å². The van der Waals surface area contributed by atoms with E-state index in [1.807, 2.05) is 29.9 Å². The minimum atomic E-state index is -0.0490. The Morgan fingerprint density at radius 2 is 2.29 bits per heavy atom. The van der Waals surface area contributed by atoms with E-state index >= 15 is 0 Å². The molecule has 2 aromatic rings. The largest absolute Gasteiger partial charge is 0.326 e. The zero-order valence-corrected chi connectivity index (χ0v) is 9.63. The van der Waals surface area contributed by atoms with Crippen molar-refractivity contribution in [2.45, 2.75) is 12.5 Å². The quantitative estimate of drug-likeness (QED) is 0.781. The van der Waals surface area contributed by atoms with Gasteiger partial charge in [-0.15, -0.1) is 0 Å². The van der Waals surface area contributed by atoms with Crippen LogP contribution in [0.5, 0.6) is 0 Å². The molecule has 1 atom stereocenters. The normalized spacial score (nSPS) is 20.5. The molecule has 88 valence electrons. The molecule has 1 aliphatic heterocycles. The Kier molecular flexibility index (Phi) is 2.16. The molecule has 1 fully saturated rings. The summed E-state index contributed by atoms with van der Waals surface area (Å²) >= 11 is 0. The summed E-state index contributed by atoms with van der Waals surface area (Å²) < 4.78 is 1.82. The predicted octanol–water partition coefficient (Wildman–Crippen LogP) is 0.637. The molecule has 5 heteroatoms. The lowest BCUT2D eigenvalue weighted by Crippen LogP contribution is -2.27. The third-order valence-corrected chi connectivity index (χ3v) is 3.20. The summed E-state index contributed by atoms with van der Waals surface area (Å²) in [4.78, 5) is 13.5. The number of nitrogens with two attached hydrogens (primary N) is 1. The minimum absolute atomic E-state index is 0.0490. The average Bonchev–Trinajstić information content (AvgIpc) is 2.82. The lowest BCUT2D eigenvalue weighted by molar-refractivity contribution is -0.117. The maximum Gasteiger partial charge on any atom is 0.228 e. The number of fused-ring (bicyclic) bond motifs is 1. The average molecular weight is 230 g/mol. The molecular formula is C12H14N4O. The van der Waals surface area contributed by atoms with E-state index < -0.39 is 0 Å². The molecule has 1 aromatic heterocycles. The van der Waals surface area contributed by atoms with Crippen LogP contribution in [0.25, 0.3) is 10.9 Å². The van der Waals surface area contributed by atoms with Crippen molar-refractivity contribution >= 4 is 22.5 Å². The molecule has 0 saturated carbocycles. The van der Waals surface area contributed by atoms with E-state index in [1.54, 1.807) is 11.1 Å². The second-order valence-corrected chi connectivity index (χ2v) is 4.48. The Balaban J connectivity index is 2.03. The van der Waals surface area contributed by atoms with Crippen LogP contribution in [-0.2, 0) is 11.8 Å². The van der Waals surface area contributed by atoms with Crippen LogP contribution in [0.3, 0.4) is 0 Å². The summed E-state index contributed by atoms with van der Waals surface area (Å²) in [6.45, 7) is 0.602. The smallest absolute Gasteiger partial charge is 0.228 e. The van der Waals surface area contributed by atoms with Gasteiger partial charge in [-0.25, -0.2) is 0 Å². The molecule has 0 spiro atoms. The number of carbonyl (C=O) groups excluding carboxylic acids is 1. The first kappa shape index (κ1) is 10.3. The van der Waals surface area contributed by atoms with E-state index in [0.717, 1.165) is 16.6 Å². The number of anilines is 1. The van der Waals surface area contributed by atoms with Crippen molar-refractivity contribution in [3.63, 3.8) is 0 Å². The third kappa shape index (κ3) is 1.59. The van der Waals surface area contributed by atoms with Gasteiger partial charge >= 0.3 is 0 Å². The van der Waals surface area contributed by atoms with Crippen LogP contribution in [0.2, 0.25) is 0 Å². The van der Waals surface area contributed by atoms with Crippen molar-refractivity contribution in [2.75, 3.05) is 11.4 Å². The molecule has 0 aliphatic carbocycles. The van der Waals surface area contributed by atoms with Crippen LogP contribution in [0.1, 0.15) is 6.42 Å². The minimum Gasteiger partial charge on any atom is -0.326 e. The van der Waals surface area contributed by atoms with Crippen LogP contribution in [-0.4, -0.2) is 28.3 Å². The van der Waals surface area contributed by atoms with E-state index in [1.165, 1.54) is 0 Å². The number of carbonyl (C=O) groups is 1. The molecule has 1 amide bonds. The lowest BCUT2D eigenvalue weighted by Gasteiger charge is -2.16. The van der Waals surface area contributed by atoms with Crippen molar-refractivity contribution < 1.29 is 4.79 Å². The third-order valence-electron chi connectivity index (χ3n) is 3.20. The van der Waals surface area contributed by atoms with Gasteiger partial charge in [0.05, 0.1) is 11.7 Å². The summed E-state index contributed by atoms with van der Waals surface area (Å²) in [6, 6.07) is 5.86. The first-order valence-corrected chi connectivity index (χ1v) is 5.63. The molecule has 0 bridgehead atoms. The highest BCUT2D eigenvalue weighted by Gasteiger charge is 2.28. The van der Waals surface area contributed by atoms with Gasteiger partial charge in [0, 0.05) is 37.1 Å². The number of benzene rings is 1. The molecule has 2 heterocycles. The van der Waals surface area contributed by atoms with Crippen molar-refractivity contribution in [2.24, 2.45) is 12.8 Å².